The Balaban J connectivity index is 2.86. The van der Waals surface area contributed by atoms with Crippen molar-refractivity contribution < 1.29 is 25.2 Å². The molecule has 0 spiro atoms. The molecule has 0 amide bonds. The molecule has 0 aliphatic carbocycles. The first-order valence-electron chi connectivity index (χ1n) is 5.92. The van der Waals surface area contributed by atoms with Crippen LogP contribution in [0, 0.1) is 13.8 Å². The summed E-state index contributed by atoms with van der Waals surface area (Å²) >= 11 is 0. The Bertz CT molecular complexity index is 704. The molecule has 20 heavy (non-hydrogen) atoms. The predicted octanol–water partition coefficient (Wildman–Crippen LogP) is 2.79. The Hall–Kier alpha value is -2.69. The van der Waals surface area contributed by atoms with Gasteiger partial charge in [-0.1, -0.05) is 29.8 Å². The number of aryl methyl sites for hydroxylation is 1. The number of rotatable bonds is 2. The van der Waals surface area contributed by atoms with E-state index >= 15 is 0 Å². The number of phenols is 3. The monoisotopic (exact) mass is 274 g/mol. The number of carboxylic acid groups (broad SMARTS) is 1. The van der Waals surface area contributed by atoms with Gasteiger partial charge in [0.15, 0.2) is 11.5 Å². The lowest BCUT2D eigenvalue weighted by Crippen LogP contribution is -2.02. The number of hydrogen-bond acceptors (Lipinski definition) is 4. The molecular weight excluding hydrogens is 260 g/mol. The van der Waals surface area contributed by atoms with Crippen LogP contribution in [0.25, 0.3) is 11.1 Å². The molecule has 0 fully saturated rings. The standard InChI is InChI=1S/C15H14O5/c1-7-4-3-5-9(6-7)10-8(2)11(15(19)20)13(17)14(18)12(10)16/h3-6,16-18H,1-2H3,(H,19,20). The molecular formula is C15H14O5. The van der Waals surface area contributed by atoms with Crippen molar-refractivity contribution >= 4 is 5.97 Å². The fourth-order valence-electron chi connectivity index (χ4n) is 2.24. The van der Waals surface area contributed by atoms with Crippen molar-refractivity contribution in [2.45, 2.75) is 13.8 Å². The quantitative estimate of drug-likeness (QED) is 0.631. The molecule has 5 nitrogen and oxygen atoms in total. The van der Waals surface area contributed by atoms with E-state index in [1.54, 1.807) is 18.2 Å². The Morgan fingerprint density at radius 3 is 2.20 bits per heavy atom. The average Bonchev–Trinajstić information content (AvgIpc) is 2.36. The van der Waals surface area contributed by atoms with Gasteiger partial charge in [-0.2, -0.15) is 0 Å². The van der Waals surface area contributed by atoms with Gasteiger partial charge >= 0.3 is 5.97 Å². The first-order valence-corrected chi connectivity index (χ1v) is 5.92. The fourth-order valence-corrected chi connectivity index (χ4v) is 2.24. The van der Waals surface area contributed by atoms with E-state index in [4.69, 9.17) is 5.11 Å². The lowest BCUT2D eigenvalue weighted by atomic mass is 9.93. The van der Waals surface area contributed by atoms with Crippen molar-refractivity contribution in [3.63, 3.8) is 0 Å². The molecule has 104 valence electrons. The van der Waals surface area contributed by atoms with E-state index in [-0.39, 0.29) is 11.1 Å². The molecule has 2 aromatic carbocycles. The third-order valence-corrected chi connectivity index (χ3v) is 3.19. The summed E-state index contributed by atoms with van der Waals surface area (Å²) in [6, 6.07) is 7.06. The highest BCUT2D eigenvalue weighted by atomic mass is 16.4. The molecule has 0 saturated carbocycles. The summed E-state index contributed by atoms with van der Waals surface area (Å²) in [6.45, 7) is 3.33. The number of benzene rings is 2. The molecule has 2 aromatic rings. The largest absolute Gasteiger partial charge is 0.504 e. The zero-order valence-electron chi connectivity index (χ0n) is 11.0. The minimum Gasteiger partial charge on any atom is -0.504 e. The second kappa shape index (κ2) is 4.77. The fraction of sp³-hybridized carbons (Fsp3) is 0.133. The van der Waals surface area contributed by atoms with Crippen LogP contribution in [0.5, 0.6) is 17.2 Å². The topological polar surface area (TPSA) is 98.0 Å². The Kier molecular flexibility index (Phi) is 3.28. The number of aromatic carboxylic acids is 1. The van der Waals surface area contributed by atoms with Gasteiger partial charge in [-0.05, 0) is 25.0 Å². The van der Waals surface area contributed by atoms with E-state index in [1.807, 2.05) is 13.0 Å². The van der Waals surface area contributed by atoms with Gasteiger partial charge in [-0.25, -0.2) is 4.79 Å². The summed E-state index contributed by atoms with van der Waals surface area (Å²) in [4.78, 5) is 11.2. The summed E-state index contributed by atoms with van der Waals surface area (Å²) in [7, 11) is 0. The van der Waals surface area contributed by atoms with E-state index < -0.39 is 28.8 Å². The molecule has 0 unspecified atom stereocenters. The van der Waals surface area contributed by atoms with Gasteiger partial charge < -0.3 is 20.4 Å². The molecule has 5 heteroatoms. The molecule has 0 aliphatic heterocycles. The van der Waals surface area contributed by atoms with E-state index in [0.717, 1.165) is 5.56 Å². The highest BCUT2D eigenvalue weighted by Crippen LogP contribution is 2.47. The first-order chi connectivity index (χ1) is 9.34. The van der Waals surface area contributed by atoms with Gasteiger partial charge in [0.1, 0.15) is 5.56 Å². The molecule has 0 aromatic heterocycles. The molecule has 0 heterocycles. The third kappa shape index (κ3) is 2.03. The molecule has 2 rings (SSSR count). The summed E-state index contributed by atoms with van der Waals surface area (Å²) in [5.41, 5.74) is 1.46. The number of carbonyl (C=O) groups is 1. The first kappa shape index (κ1) is 13.7. The maximum Gasteiger partial charge on any atom is 0.339 e. The molecule has 0 radical (unpaired) electrons. The van der Waals surface area contributed by atoms with E-state index in [1.165, 1.54) is 6.92 Å². The Morgan fingerprint density at radius 2 is 1.65 bits per heavy atom. The lowest BCUT2D eigenvalue weighted by molar-refractivity contribution is 0.0692. The molecule has 0 saturated heterocycles. The smallest absolute Gasteiger partial charge is 0.339 e. The summed E-state index contributed by atoms with van der Waals surface area (Å²) < 4.78 is 0. The van der Waals surface area contributed by atoms with Crippen molar-refractivity contribution in [2.75, 3.05) is 0 Å². The van der Waals surface area contributed by atoms with Crippen LogP contribution in [0.2, 0.25) is 0 Å². The van der Waals surface area contributed by atoms with Gasteiger partial charge in [0.2, 0.25) is 5.75 Å². The van der Waals surface area contributed by atoms with Crippen LogP contribution >= 0.6 is 0 Å². The van der Waals surface area contributed by atoms with E-state index in [9.17, 15) is 20.1 Å². The highest BCUT2D eigenvalue weighted by molar-refractivity contribution is 5.98. The number of aromatic hydroxyl groups is 3. The minimum atomic E-state index is -1.37. The number of hydrogen-bond donors (Lipinski definition) is 4. The van der Waals surface area contributed by atoms with Crippen LogP contribution in [-0.4, -0.2) is 26.4 Å². The zero-order valence-corrected chi connectivity index (χ0v) is 11.0. The predicted molar refractivity (Wildman–Crippen MR) is 73.3 cm³/mol. The second-order valence-corrected chi connectivity index (χ2v) is 4.60. The normalized spacial score (nSPS) is 10.5. The van der Waals surface area contributed by atoms with Crippen LogP contribution in [0.1, 0.15) is 21.5 Å². The maximum atomic E-state index is 11.2. The molecule has 0 bridgehead atoms. The van der Waals surface area contributed by atoms with Crippen LogP contribution in [0.4, 0.5) is 0 Å². The van der Waals surface area contributed by atoms with Gasteiger partial charge in [-0.3, -0.25) is 0 Å². The maximum absolute atomic E-state index is 11.2. The molecule has 0 aliphatic rings. The van der Waals surface area contributed by atoms with Crippen molar-refractivity contribution in [3.05, 3.63) is 41.0 Å². The van der Waals surface area contributed by atoms with Crippen LogP contribution in [0.15, 0.2) is 24.3 Å². The van der Waals surface area contributed by atoms with E-state index in [0.29, 0.717) is 5.56 Å². The van der Waals surface area contributed by atoms with Gasteiger partial charge in [0.05, 0.1) is 0 Å². The van der Waals surface area contributed by atoms with Gasteiger partial charge in [0, 0.05) is 5.56 Å². The van der Waals surface area contributed by atoms with Crippen LogP contribution < -0.4 is 0 Å². The van der Waals surface area contributed by atoms with Crippen LogP contribution in [-0.2, 0) is 0 Å². The van der Waals surface area contributed by atoms with Crippen molar-refractivity contribution in [1.82, 2.24) is 0 Å². The SMILES string of the molecule is Cc1cccc(-c2c(C)c(C(=O)O)c(O)c(O)c2O)c1. The number of carboxylic acids is 1. The zero-order chi connectivity index (χ0) is 15.0. The Morgan fingerprint density at radius 1 is 1.00 bits per heavy atom. The van der Waals surface area contributed by atoms with Crippen LogP contribution in [0.3, 0.4) is 0 Å². The minimum absolute atomic E-state index is 0.191. The average molecular weight is 274 g/mol. The second-order valence-electron chi connectivity index (χ2n) is 4.60. The van der Waals surface area contributed by atoms with Gasteiger partial charge in [-0.15, -0.1) is 0 Å². The van der Waals surface area contributed by atoms with Crippen molar-refractivity contribution in [1.29, 1.82) is 0 Å². The molecule has 4 N–H and O–H groups in total. The number of phenolic OH excluding ortho intramolecular Hbond substituents is 2. The van der Waals surface area contributed by atoms with Crippen molar-refractivity contribution in [3.8, 4) is 28.4 Å². The lowest BCUT2D eigenvalue weighted by Gasteiger charge is -2.15. The summed E-state index contributed by atoms with van der Waals surface area (Å²) in [5.74, 6) is -3.56. The van der Waals surface area contributed by atoms with Gasteiger partial charge in [0.25, 0.3) is 0 Å². The third-order valence-electron chi connectivity index (χ3n) is 3.19. The molecule has 0 atom stereocenters. The highest BCUT2D eigenvalue weighted by Gasteiger charge is 2.25. The summed E-state index contributed by atoms with van der Waals surface area (Å²) in [6.07, 6.45) is 0. The Labute approximate surface area is 115 Å². The van der Waals surface area contributed by atoms with E-state index in [2.05, 4.69) is 0 Å². The van der Waals surface area contributed by atoms with Crippen molar-refractivity contribution in [2.24, 2.45) is 0 Å². The summed E-state index contributed by atoms with van der Waals surface area (Å²) in [5, 5.41) is 38.5.